The lowest BCUT2D eigenvalue weighted by molar-refractivity contribution is -0.166. The molecule has 0 aliphatic heterocycles. The summed E-state index contributed by atoms with van der Waals surface area (Å²) in [6.07, 6.45) is -7.13. The molecule has 2 aromatic carbocycles. The molecule has 0 fully saturated rings. The fourth-order valence-electron chi connectivity index (χ4n) is 2.72. The molecule has 0 heterocycles. The van der Waals surface area contributed by atoms with Gasteiger partial charge in [-0.1, -0.05) is 42.5 Å². The van der Waals surface area contributed by atoms with E-state index in [1.807, 2.05) is 0 Å². The van der Waals surface area contributed by atoms with Crippen molar-refractivity contribution in [3.8, 4) is 0 Å². The Balaban J connectivity index is 2.21. The molecule has 2 unspecified atom stereocenters. The van der Waals surface area contributed by atoms with E-state index < -0.39 is 54.4 Å². The van der Waals surface area contributed by atoms with Crippen LogP contribution in [0.15, 0.2) is 54.6 Å². The minimum absolute atomic E-state index is 0.225. The van der Waals surface area contributed by atoms with Gasteiger partial charge in [0.25, 0.3) is 5.92 Å². The second kappa shape index (κ2) is 8.64. The van der Waals surface area contributed by atoms with Crippen molar-refractivity contribution in [2.24, 2.45) is 0 Å². The van der Waals surface area contributed by atoms with Gasteiger partial charge in [-0.15, -0.1) is 0 Å². The van der Waals surface area contributed by atoms with Crippen molar-refractivity contribution in [1.82, 2.24) is 5.32 Å². The fraction of sp³-hybridized carbons (Fsp3) is 0.316. The van der Waals surface area contributed by atoms with Gasteiger partial charge in [-0.3, -0.25) is 10.1 Å². The van der Waals surface area contributed by atoms with Gasteiger partial charge in [0.05, 0.1) is 0 Å². The Morgan fingerprint density at radius 3 is 2.04 bits per heavy atom. The summed E-state index contributed by atoms with van der Waals surface area (Å²) in [6, 6.07) is 5.95. The van der Waals surface area contributed by atoms with Crippen LogP contribution in [0.4, 0.5) is 26.3 Å². The van der Waals surface area contributed by atoms with Gasteiger partial charge in [0.15, 0.2) is 0 Å². The van der Waals surface area contributed by atoms with Crippen LogP contribution in [0.1, 0.15) is 23.6 Å². The molecular formula is C19H17F6NO2. The maximum Gasteiger partial charge on any atom is 0.407 e. The molecule has 3 nitrogen and oxygen atoms in total. The number of hydrogen-bond acceptors (Lipinski definition) is 2. The van der Waals surface area contributed by atoms with Crippen molar-refractivity contribution in [3.05, 3.63) is 71.5 Å². The van der Waals surface area contributed by atoms with Gasteiger partial charge in [-0.2, -0.15) is 13.2 Å². The van der Waals surface area contributed by atoms with Crippen LogP contribution >= 0.6 is 0 Å². The minimum Gasteiger partial charge on any atom is -0.480 e. The molecule has 0 radical (unpaired) electrons. The Morgan fingerprint density at radius 2 is 1.54 bits per heavy atom. The highest BCUT2D eigenvalue weighted by atomic mass is 19.4. The number of nitrogens with one attached hydrogen (secondary N) is 1. The number of rotatable bonds is 8. The Kier molecular flexibility index (Phi) is 6.71. The summed E-state index contributed by atoms with van der Waals surface area (Å²) in [6.45, 7) is 0. The third-order valence-corrected chi connectivity index (χ3v) is 4.00. The van der Waals surface area contributed by atoms with Gasteiger partial charge >= 0.3 is 12.1 Å². The molecule has 152 valence electrons. The summed E-state index contributed by atoms with van der Waals surface area (Å²) in [5.41, 5.74) is -0.255. The summed E-state index contributed by atoms with van der Waals surface area (Å²) in [4.78, 5) is 11.4. The first-order valence-corrected chi connectivity index (χ1v) is 8.21. The quantitative estimate of drug-likeness (QED) is 0.624. The zero-order chi connectivity index (χ0) is 20.9. The van der Waals surface area contributed by atoms with E-state index in [4.69, 9.17) is 0 Å². The van der Waals surface area contributed by atoms with E-state index in [1.54, 1.807) is 11.4 Å². The van der Waals surface area contributed by atoms with Crippen molar-refractivity contribution in [2.45, 2.75) is 37.0 Å². The first-order chi connectivity index (χ1) is 13.0. The first kappa shape index (κ1) is 21.7. The standard InChI is InChI=1S/C19H17F6NO2/c20-14-8-6-13(7-9-14)16(19(23,24)25)26-15(17(27)28)11-18(21,22)10-12-4-2-1-3-5-12/h1-9,15-16,26H,10-11H2,(H,27,28). The Hall–Kier alpha value is -2.55. The highest BCUT2D eigenvalue weighted by molar-refractivity contribution is 5.73. The minimum atomic E-state index is -4.97. The van der Waals surface area contributed by atoms with Crippen molar-refractivity contribution >= 4 is 5.97 Å². The largest absolute Gasteiger partial charge is 0.480 e. The molecule has 0 bridgehead atoms. The number of carboxylic acid groups (broad SMARTS) is 1. The van der Waals surface area contributed by atoms with Gasteiger partial charge < -0.3 is 5.11 Å². The second-order valence-electron chi connectivity index (χ2n) is 6.31. The molecule has 0 spiro atoms. The summed E-state index contributed by atoms with van der Waals surface area (Å²) in [5.74, 6) is -6.19. The van der Waals surface area contributed by atoms with Crippen molar-refractivity contribution in [3.63, 3.8) is 0 Å². The third kappa shape index (κ3) is 6.26. The lowest BCUT2D eigenvalue weighted by atomic mass is 9.98. The van der Waals surface area contributed by atoms with E-state index in [0.29, 0.717) is 0 Å². The maximum absolute atomic E-state index is 14.3. The number of halogens is 6. The van der Waals surface area contributed by atoms with E-state index >= 15 is 0 Å². The molecule has 0 amide bonds. The van der Waals surface area contributed by atoms with Gasteiger partial charge in [0.2, 0.25) is 0 Å². The fourth-order valence-corrected chi connectivity index (χ4v) is 2.72. The number of alkyl halides is 5. The second-order valence-corrected chi connectivity index (χ2v) is 6.31. The van der Waals surface area contributed by atoms with E-state index in [-0.39, 0.29) is 5.56 Å². The molecule has 0 aliphatic carbocycles. The molecule has 2 aromatic rings. The van der Waals surface area contributed by atoms with Gasteiger partial charge in [-0.05, 0) is 23.3 Å². The zero-order valence-electron chi connectivity index (χ0n) is 14.4. The van der Waals surface area contributed by atoms with Crippen LogP contribution in [0.5, 0.6) is 0 Å². The smallest absolute Gasteiger partial charge is 0.407 e. The molecule has 2 rings (SSSR count). The van der Waals surface area contributed by atoms with Crippen LogP contribution in [-0.4, -0.2) is 29.2 Å². The van der Waals surface area contributed by atoms with Gasteiger partial charge in [0, 0.05) is 12.8 Å². The van der Waals surface area contributed by atoms with Crippen LogP contribution in [0.3, 0.4) is 0 Å². The molecule has 2 N–H and O–H groups in total. The number of benzene rings is 2. The summed E-state index contributed by atoms with van der Waals surface area (Å²) in [7, 11) is 0. The molecule has 2 atom stereocenters. The van der Waals surface area contributed by atoms with Crippen molar-refractivity contribution in [2.75, 3.05) is 0 Å². The lowest BCUT2D eigenvalue weighted by Gasteiger charge is -2.28. The normalized spacial score (nSPS) is 14.5. The molecule has 0 saturated heterocycles. The van der Waals surface area contributed by atoms with Crippen LogP contribution in [0.25, 0.3) is 0 Å². The number of carboxylic acids is 1. The van der Waals surface area contributed by atoms with Crippen LogP contribution in [-0.2, 0) is 11.2 Å². The summed E-state index contributed by atoms with van der Waals surface area (Å²) >= 11 is 0. The average molecular weight is 405 g/mol. The maximum atomic E-state index is 14.3. The number of hydrogen-bond donors (Lipinski definition) is 2. The number of aliphatic carboxylic acids is 1. The van der Waals surface area contributed by atoms with Gasteiger partial charge in [-0.25, -0.2) is 13.2 Å². The van der Waals surface area contributed by atoms with E-state index in [0.717, 1.165) is 24.3 Å². The lowest BCUT2D eigenvalue weighted by Crippen LogP contribution is -2.47. The highest BCUT2D eigenvalue weighted by Crippen LogP contribution is 2.34. The molecule has 0 saturated carbocycles. The van der Waals surface area contributed by atoms with Crippen LogP contribution in [0.2, 0.25) is 0 Å². The van der Waals surface area contributed by atoms with E-state index in [1.165, 1.54) is 24.3 Å². The predicted octanol–water partition coefficient (Wildman–Crippen LogP) is 4.74. The van der Waals surface area contributed by atoms with E-state index in [2.05, 4.69) is 0 Å². The van der Waals surface area contributed by atoms with Crippen LogP contribution in [0, 0.1) is 5.82 Å². The molecule has 28 heavy (non-hydrogen) atoms. The SMILES string of the molecule is O=C(O)C(CC(F)(F)Cc1ccccc1)NC(c1ccc(F)cc1)C(F)(F)F. The zero-order valence-corrected chi connectivity index (χ0v) is 14.4. The van der Waals surface area contributed by atoms with Crippen molar-refractivity contribution < 1.29 is 36.2 Å². The topological polar surface area (TPSA) is 49.3 Å². The third-order valence-electron chi connectivity index (χ3n) is 4.00. The monoisotopic (exact) mass is 405 g/mol. The first-order valence-electron chi connectivity index (χ1n) is 8.21. The molecule has 9 heteroatoms. The molecular weight excluding hydrogens is 388 g/mol. The highest BCUT2D eigenvalue weighted by Gasteiger charge is 2.45. The van der Waals surface area contributed by atoms with Gasteiger partial charge in [0.1, 0.15) is 17.9 Å². The number of carbonyl (C=O) groups is 1. The average Bonchev–Trinajstić information content (AvgIpc) is 2.58. The van der Waals surface area contributed by atoms with Crippen LogP contribution < -0.4 is 5.32 Å². The predicted molar refractivity (Wildman–Crippen MR) is 89.5 cm³/mol. The van der Waals surface area contributed by atoms with Crippen molar-refractivity contribution in [1.29, 1.82) is 0 Å². The Labute approximate surface area is 157 Å². The Morgan fingerprint density at radius 1 is 0.964 bits per heavy atom. The Bertz CT molecular complexity index is 777. The molecule has 0 aromatic heterocycles. The van der Waals surface area contributed by atoms with E-state index in [9.17, 15) is 36.2 Å². The summed E-state index contributed by atoms with van der Waals surface area (Å²) in [5, 5.41) is 10.9. The molecule has 0 aliphatic rings. The summed E-state index contributed by atoms with van der Waals surface area (Å²) < 4.78 is 81.7.